The van der Waals surface area contributed by atoms with E-state index in [0.717, 1.165) is 27.9 Å². The van der Waals surface area contributed by atoms with Crippen molar-refractivity contribution in [2.75, 3.05) is 5.32 Å². The zero-order chi connectivity index (χ0) is 13.9. The molecule has 0 aliphatic heterocycles. The minimum absolute atomic E-state index is 0.799. The van der Waals surface area contributed by atoms with Gasteiger partial charge in [-0.25, -0.2) is 9.97 Å². The van der Waals surface area contributed by atoms with Gasteiger partial charge in [-0.3, -0.25) is 4.98 Å². The molecule has 0 saturated carbocycles. The van der Waals surface area contributed by atoms with Gasteiger partial charge in [-0.2, -0.15) is 0 Å². The molecule has 0 aromatic carbocycles. The number of nitrogens with one attached hydrogen (secondary N) is 1. The SMILES string of the molecule is Cc1ccnc(Nc2csc(-c3ncccc3C)n2)c1. The van der Waals surface area contributed by atoms with Crippen molar-refractivity contribution in [1.29, 1.82) is 0 Å². The molecule has 0 amide bonds. The van der Waals surface area contributed by atoms with Crippen LogP contribution in [0.15, 0.2) is 42.0 Å². The van der Waals surface area contributed by atoms with Crippen molar-refractivity contribution in [2.45, 2.75) is 13.8 Å². The van der Waals surface area contributed by atoms with Gasteiger partial charge >= 0.3 is 0 Å². The lowest BCUT2D eigenvalue weighted by Crippen LogP contribution is -1.94. The van der Waals surface area contributed by atoms with Gasteiger partial charge in [0.2, 0.25) is 0 Å². The van der Waals surface area contributed by atoms with Crippen LogP contribution in [0.3, 0.4) is 0 Å². The van der Waals surface area contributed by atoms with Crippen molar-refractivity contribution < 1.29 is 0 Å². The molecule has 0 aliphatic rings. The maximum atomic E-state index is 4.57. The molecule has 4 nitrogen and oxygen atoms in total. The second-order valence-electron chi connectivity index (χ2n) is 4.55. The molecule has 3 aromatic rings. The second-order valence-corrected chi connectivity index (χ2v) is 5.41. The Morgan fingerprint density at radius 1 is 1.05 bits per heavy atom. The molecular weight excluding hydrogens is 268 g/mol. The molecule has 0 saturated heterocycles. The minimum Gasteiger partial charge on any atom is -0.324 e. The number of aromatic nitrogens is 3. The van der Waals surface area contributed by atoms with E-state index in [0.29, 0.717) is 0 Å². The van der Waals surface area contributed by atoms with Crippen LogP contribution in [-0.2, 0) is 0 Å². The van der Waals surface area contributed by atoms with Crippen molar-refractivity contribution in [3.05, 3.63) is 53.2 Å². The topological polar surface area (TPSA) is 50.7 Å². The Labute approximate surface area is 121 Å². The molecule has 3 aromatic heterocycles. The van der Waals surface area contributed by atoms with E-state index in [2.05, 4.69) is 20.3 Å². The molecule has 100 valence electrons. The van der Waals surface area contributed by atoms with Gasteiger partial charge in [-0.1, -0.05) is 6.07 Å². The van der Waals surface area contributed by atoms with Crippen LogP contribution in [-0.4, -0.2) is 15.0 Å². The van der Waals surface area contributed by atoms with Crippen molar-refractivity contribution in [1.82, 2.24) is 15.0 Å². The van der Waals surface area contributed by atoms with Crippen LogP contribution in [0.4, 0.5) is 11.6 Å². The second kappa shape index (κ2) is 5.38. The van der Waals surface area contributed by atoms with Crippen molar-refractivity contribution in [3.63, 3.8) is 0 Å². The fourth-order valence-corrected chi connectivity index (χ4v) is 2.70. The monoisotopic (exact) mass is 282 g/mol. The summed E-state index contributed by atoms with van der Waals surface area (Å²) in [6.07, 6.45) is 3.58. The van der Waals surface area contributed by atoms with Gasteiger partial charge in [0.15, 0.2) is 0 Å². The fourth-order valence-electron chi connectivity index (χ4n) is 1.89. The third-order valence-electron chi connectivity index (χ3n) is 2.89. The first kappa shape index (κ1) is 12.7. The molecule has 0 unspecified atom stereocenters. The molecule has 3 rings (SSSR count). The highest BCUT2D eigenvalue weighted by Crippen LogP contribution is 2.27. The lowest BCUT2D eigenvalue weighted by Gasteiger charge is -2.02. The van der Waals surface area contributed by atoms with Crippen LogP contribution >= 0.6 is 11.3 Å². The first-order valence-electron chi connectivity index (χ1n) is 6.29. The van der Waals surface area contributed by atoms with Crippen LogP contribution in [0.1, 0.15) is 11.1 Å². The van der Waals surface area contributed by atoms with E-state index in [1.165, 1.54) is 5.56 Å². The molecule has 0 bridgehead atoms. The quantitative estimate of drug-likeness (QED) is 0.790. The number of rotatable bonds is 3. The smallest absolute Gasteiger partial charge is 0.144 e. The van der Waals surface area contributed by atoms with Crippen LogP contribution < -0.4 is 5.32 Å². The number of pyridine rings is 2. The van der Waals surface area contributed by atoms with E-state index in [1.807, 2.05) is 43.5 Å². The summed E-state index contributed by atoms with van der Waals surface area (Å²) < 4.78 is 0. The lowest BCUT2D eigenvalue weighted by molar-refractivity contribution is 1.23. The molecule has 5 heteroatoms. The molecular formula is C15H14N4S. The van der Waals surface area contributed by atoms with Crippen LogP contribution in [0.25, 0.3) is 10.7 Å². The average molecular weight is 282 g/mol. The van der Waals surface area contributed by atoms with Crippen molar-refractivity contribution in [3.8, 4) is 10.7 Å². The molecule has 1 N–H and O–H groups in total. The number of hydrogen-bond acceptors (Lipinski definition) is 5. The number of anilines is 2. The number of nitrogens with zero attached hydrogens (tertiary/aromatic N) is 3. The highest BCUT2D eigenvalue weighted by Gasteiger charge is 2.08. The van der Waals surface area contributed by atoms with Crippen LogP contribution in [0.2, 0.25) is 0 Å². The highest BCUT2D eigenvalue weighted by atomic mass is 32.1. The maximum absolute atomic E-state index is 4.57. The summed E-state index contributed by atoms with van der Waals surface area (Å²) in [5, 5.41) is 6.11. The van der Waals surface area contributed by atoms with E-state index in [-0.39, 0.29) is 0 Å². The lowest BCUT2D eigenvalue weighted by atomic mass is 10.2. The average Bonchev–Trinajstić information content (AvgIpc) is 2.87. The summed E-state index contributed by atoms with van der Waals surface area (Å²) in [6.45, 7) is 4.08. The van der Waals surface area contributed by atoms with Gasteiger partial charge in [0.1, 0.15) is 22.3 Å². The highest BCUT2D eigenvalue weighted by molar-refractivity contribution is 7.13. The van der Waals surface area contributed by atoms with E-state index in [4.69, 9.17) is 0 Å². The summed E-state index contributed by atoms with van der Waals surface area (Å²) in [4.78, 5) is 13.2. The standard InChI is InChI=1S/C15H14N4S/c1-10-5-7-16-12(8-10)18-13-9-20-15(19-13)14-11(2)4-3-6-17-14/h3-9H,1-2H3,(H,16,18). The summed E-state index contributed by atoms with van der Waals surface area (Å²) in [5.41, 5.74) is 3.23. The van der Waals surface area contributed by atoms with Gasteiger partial charge in [-0.05, 0) is 43.2 Å². The van der Waals surface area contributed by atoms with E-state index in [1.54, 1.807) is 23.7 Å². The summed E-state index contributed by atoms with van der Waals surface area (Å²) in [5.74, 6) is 1.60. The Bertz CT molecular complexity index is 736. The largest absolute Gasteiger partial charge is 0.324 e. The maximum Gasteiger partial charge on any atom is 0.144 e. The summed E-state index contributed by atoms with van der Waals surface area (Å²) in [7, 11) is 0. The van der Waals surface area contributed by atoms with Gasteiger partial charge in [-0.15, -0.1) is 11.3 Å². The third kappa shape index (κ3) is 2.67. The first-order valence-corrected chi connectivity index (χ1v) is 7.17. The van der Waals surface area contributed by atoms with Gasteiger partial charge in [0.25, 0.3) is 0 Å². The normalized spacial score (nSPS) is 10.5. The first-order chi connectivity index (χ1) is 9.72. The van der Waals surface area contributed by atoms with Gasteiger partial charge in [0, 0.05) is 17.8 Å². The van der Waals surface area contributed by atoms with Crippen LogP contribution in [0, 0.1) is 13.8 Å². The number of thiazole rings is 1. The van der Waals surface area contributed by atoms with Gasteiger partial charge in [0.05, 0.1) is 0 Å². The number of hydrogen-bond donors (Lipinski definition) is 1. The molecule has 0 fully saturated rings. The molecule has 3 heterocycles. The molecule has 20 heavy (non-hydrogen) atoms. The van der Waals surface area contributed by atoms with Crippen LogP contribution in [0.5, 0.6) is 0 Å². The molecule has 0 spiro atoms. The molecule has 0 radical (unpaired) electrons. The zero-order valence-corrected chi connectivity index (χ0v) is 12.1. The third-order valence-corrected chi connectivity index (χ3v) is 3.74. The summed E-state index contributed by atoms with van der Waals surface area (Å²) >= 11 is 1.58. The zero-order valence-electron chi connectivity index (χ0n) is 11.3. The molecule has 0 aliphatic carbocycles. The Kier molecular flexibility index (Phi) is 3.43. The predicted molar refractivity (Wildman–Crippen MR) is 82.3 cm³/mol. The Morgan fingerprint density at radius 2 is 1.95 bits per heavy atom. The Balaban J connectivity index is 1.86. The van der Waals surface area contributed by atoms with Crippen molar-refractivity contribution in [2.24, 2.45) is 0 Å². The summed E-state index contributed by atoms with van der Waals surface area (Å²) in [6, 6.07) is 7.93. The number of aryl methyl sites for hydroxylation is 2. The Morgan fingerprint density at radius 3 is 2.75 bits per heavy atom. The minimum atomic E-state index is 0.799. The fraction of sp³-hybridized carbons (Fsp3) is 0.133. The van der Waals surface area contributed by atoms with Crippen molar-refractivity contribution >= 4 is 23.0 Å². The molecule has 0 atom stereocenters. The van der Waals surface area contributed by atoms with Gasteiger partial charge < -0.3 is 5.32 Å². The van der Waals surface area contributed by atoms with E-state index < -0.39 is 0 Å². The van der Waals surface area contributed by atoms with E-state index in [9.17, 15) is 0 Å². The predicted octanol–water partition coefficient (Wildman–Crippen LogP) is 3.96. The van der Waals surface area contributed by atoms with E-state index >= 15 is 0 Å². The Hall–Kier alpha value is -2.27.